The second-order valence-corrected chi connectivity index (χ2v) is 6.72. The fourth-order valence-corrected chi connectivity index (χ4v) is 1.29. The zero-order chi connectivity index (χ0) is 17.4. The molecule has 2 amide bonds. The van der Waals surface area contributed by atoms with Crippen molar-refractivity contribution in [1.29, 1.82) is 0 Å². The van der Waals surface area contributed by atoms with Crippen molar-refractivity contribution in [2.75, 3.05) is 13.2 Å². The molecule has 0 radical (unpaired) electrons. The summed E-state index contributed by atoms with van der Waals surface area (Å²) in [4.78, 5) is 22.9. The lowest BCUT2D eigenvalue weighted by Crippen LogP contribution is -2.39. The number of alkyl carbamates (subject to hydrolysis) is 2. The number of carbonyl (C=O) groups excluding carboxylic acids is 2. The van der Waals surface area contributed by atoms with E-state index in [-0.39, 0.29) is 6.54 Å². The highest BCUT2D eigenvalue weighted by atomic mass is 19.1. The molecule has 0 saturated heterocycles. The second kappa shape index (κ2) is 8.60. The van der Waals surface area contributed by atoms with Gasteiger partial charge in [0.25, 0.3) is 0 Å². The van der Waals surface area contributed by atoms with Gasteiger partial charge in [0.05, 0.1) is 6.04 Å². The summed E-state index contributed by atoms with van der Waals surface area (Å²) in [5.74, 6) is 0. The van der Waals surface area contributed by atoms with Gasteiger partial charge in [-0.3, -0.25) is 0 Å². The largest absolute Gasteiger partial charge is 0.444 e. The lowest BCUT2D eigenvalue weighted by molar-refractivity contribution is 0.0502. The normalized spacial score (nSPS) is 13.6. The number of nitrogens with one attached hydrogen (secondary N) is 2. The lowest BCUT2D eigenvalue weighted by atomic mass is 10.2. The van der Waals surface area contributed by atoms with E-state index in [2.05, 4.69) is 10.6 Å². The van der Waals surface area contributed by atoms with Crippen LogP contribution in [0.3, 0.4) is 0 Å². The van der Waals surface area contributed by atoms with E-state index in [9.17, 15) is 14.0 Å². The number of alkyl halides is 1. The molecule has 0 spiro atoms. The summed E-state index contributed by atoms with van der Waals surface area (Å²) < 4.78 is 22.9. The van der Waals surface area contributed by atoms with Crippen LogP contribution in [0.4, 0.5) is 14.0 Å². The number of hydrogen-bond acceptors (Lipinski definition) is 4. The summed E-state index contributed by atoms with van der Waals surface area (Å²) in [6, 6.07) is -0.810. The summed E-state index contributed by atoms with van der Waals surface area (Å²) in [7, 11) is 0. The molecule has 128 valence electrons. The van der Waals surface area contributed by atoms with Crippen LogP contribution >= 0.6 is 0 Å². The number of hydrogen-bond donors (Lipinski definition) is 2. The minimum atomic E-state index is -0.810. The first-order valence-corrected chi connectivity index (χ1v) is 7.12. The smallest absolute Gasteiger partial charge is 0.408 e. The fourth-order valence-electron chi connectivity index (χ4n) is 1.29. The van der Waals surface area contributed by atoms with Crippen LogP contribution in [-0.2, 0) is 9.47 Å². The van der Waals surface area contributed by atoms with Gasteiger partial charge in [-0.25, -0.2) is 14.0 Å². The molecule has 6 nitrogen and oxygen atoms in total. The Morgan fingerprint density at radius 3 is 2.00 bits per heavy atom. The third-order valence-electron chi connectivity index (χ3n) is 2.00. The molecular formula is C15H27FN2O4. The van der Waals surface area contributed by atoms with Crippen molar-refractivity contribution in [1.82, 2.24) is 10.6 Å². The third-order valence-corrected chi connectivity index (χ3v) is 2.00. The maximum Gasteiger partial charge on any atom is 0.408 e. The highest BCUT2D eigenvalue weighted by molar-refractivity contribution is 5.68. The molecule has 0 aromatic rings. The Morgan fingerprint density at radius 1 is 1.05 bits per heavy atom. The molecule has 0 aliphatic heterocycles. The maximum absolute atomic E-state index is 12.8. The van der Waals surface area contributed by atoms with Crippen molar-refractivity contribution >= 4 is 12.2 Å². The third kappa shape index (κ3) is 12.0. The van der Waals surface area contributed by atoms with Crippen LogP contribution in [0.5, 0.6) is 0 Å². The van der Waals surface area contributed by atoms with Crippen molar-refractivity contribution < 1.29 is 23.5 Å². The van der Waals surface area contributed by atoms with Gasteiger partial charge in [-0.1, -0.05) is 12.2 Å². The summed E-state index contributed by atoms with van der Waals surface area (Å²) in [5.41, 5.74) is -1.22. The van der Waals surface area contributed by atoms with Gasteiger partial charge in [-0.05, 0) is 41.5 Å². The predicted octanol–water partition coefficient (Wildman–Crippen LogP) is 2.93. The Balaban J connectivity index is 4.17. The summed E-state index contributed by atoms with van der Waals surface area (Å²) in [6.45, 7) is 9.82. The standard InChI is InChI=1S/C15H27FN2O4/c1-14(2,3)21-12(19)17-9-7-8-11(10-16)18-13(20)22-15(4,5)6/h7-8,11H,9-10H2,1-6H3,(H,17,19)(H,18,20). The molecule has 0 aromatic heterocycles. The van der Waals surface area contributed by atoms with E-state index in [1.54, 1.807) is 41.5 Å². The van der Waals surface area contributed by atoms with E-state index in [1.165, 1.54) is 12.2 Å². The van der Waals surface area contributed by atoms with E-state index < -0.39 is 36.1 Å². The van der Waals surface area contributed by atoms with E-state index in [4.69, 9.17) is 9.47 Å². The monoisotopic (exact) mass is 318 g/mol. The van der Waals surface area contributed by atoms with Crippen molar-refractivity contribution in [3.8, 4) is 0 Å². The molecule has 0 aliphatic rings. The van der Waals surface area contributed by atoms with Crippen LogP contribution in [0.15, 0.2) is 12.2 Å². The maximum atomic E-state index is 12.8. The Labute approximate surface area is 131 Å². The zero-order valence-electron chi connectivity index (χ0n) is 14.2. The van der Waals surface area contributed by atoms with Gasteiger partial charge in [0.1, 0.15) is 17.9 Å². The Kier molecular flexibility index (Phi) is 7.90. The van der Waals surface area contributed by atoms with E-state index in [0.717, 1.165) is 0 Å². The number of carbonyl (C=O) groups is 2. The molecule has 1 atom stereocenters. The topological polar surface area (TPSA) is 76.7 Å². The summed E-state index contributed by atoms with van der Waals surface area (Å²) in [5, 5.41) is 4.88. The number of amides is 2. The SMILES string of the molecule is CC(C)(C)OC(=O)NCC=CC(CF)NC(=O)OC(C)(C)C. The average Bonchev–Trinajstić information content (AvgIpc) is 2.28. The van der Waals surface area contributed by atoms with Gasteiger partial charge in [-0.15, -0.1) is 0 Å². The zero-order valence-corrected chi connectivity index (χ0v) is 14.2. The molecule has 0 rings (SSSR count). The summed E-state index contributed by atoms with van der Waals surface area (Å²) >= 11 is 0. The minimum absolute atomic E-state index is 0.168. The van der Waals surface area contributed by atoms with Gasteiger partial charge in [0.15, 0.2) is 0 Å². The van der Waals surface area contributed by atoms with Crippen LogP contribution < -0.4 is 10.6 Å². The van der Waals surface area contributed by atoms with Gasteiger partial charge in [0, 0.05) is 6.54 Å². The average molecular weight is 318 g/mol. The van der Waals surface area contributed by atoms with Gasteiger partial charge >= 0.3 is 12.2 Å². The molecule has 0 aliphatic carbocycles. The van der Waals surface area contributed by atoms with E-state index >= 15 is 0 Å². The Bertz CT molecular complexity index is 397. The van der Waals surface area contributed by atoms with Crippen molar-refractivity contribution in [2.45, 2.75) is 58.8 Å². The first-order chi connectivity index (χ1) is 9.93. The number of ether oxygens (including phenoxy) is 2. The quantitative estimate of drug-likeness (QED) is 0.764. The van der Waals surface area contributed by atoms with Crippen LogP contribution in [-0.4, -0.2) is 42.6 Å². The predicted molar refractivity (Wildman–Crippen MR) is 82.5 cm³/mol. The van der Waals surface area contributed by atoms with Crippen molar-refractivity contribution in [3.05, 3.63) is 12.2 Å². The molecule has 0 aromatic carbocycles. The molecule has 0 bridgehead atoms. The van der Waals surface area contributed by atoms with Gasteiger partial charge in [-0.2, -0.15) is 0 Å². The minimum Gasteiger partial charge on any atom is -0.444 e. The Morgan fingerprint density at radius 2 is 1.55 bits per heavy atom. The second-order valence-electron chi connectivity index (χ2n) is 6.72. The molecule has 2 N–H and O–H groups in total. The molecule has 22 heavy (non-hydrogen) atoms. The van der Waals surface area contributed by atoms with Crippen molar-refractivity contribution in [3.63, 3.8) is 0 Å². The number of halogens is 1. The van der Waals surface area contributed by atoms with Gasteiger partial charge in [0.2, 0.25) is 0 Å². The highest BCUT2D eigenvalue weighted by Gasteiger charge is 2.18. The molecule has 7 heteroatoms. The van der Waals surface area contributed by atoms with E-state index in [1.807, 2.05) is 0 Å². The van der Waals surface area contributed by atoms with Crippen LogP contribution in [0.2, 0.25) is 0 Å². The fraction of sp³-hybridized carbons (Fsp3) is 0.733. The first kappa shape index (κ1) is 20.2. The van der Waals surface area contributed by atoms with Crippen LogP contribution in [0, 0.1) is 0 Å². The molecule has 0 fully saturated rings. The molecule has 0 saturated carbocycles. The van der Waals surface area contributed by atoms with Crippen LogP contribution in [0.1, 0.15) is 41.5 Å². The number of rotatable bonds is 5. The molecule has 0 heterocycles. The molecular weight excluding hydrogens is 291 g/mol. The highest BCUT2D eigenvalue weighted by Crippen LogP contribution is 2.07. The van der Waals surface area contributed by atoms with E-state index in [0.29, 0.717) is 0 Å². The Hall–Kier alpha value is -1.79. The van der Waals surface area contributed by atoms with Gasteiger partial charge < -0.3 is 20.1 Å². The molecule has 1 unspecified atom stereocenters. The lowest BCUT2D eigenvalue weighted by Gasteiger charge is -2.21. The summed E-state index contributed by atoms with van der Waals surface area (Å²) in [6.07, 6.45) is 1.72. The van der Waals surface area contributed by atoms with Crippen LogP contribution in [0.25, 0.3) is 0 Å². The van der Waals surface area contributed by atoms with Crippen molar-refractivity contribution in [2.24, 2.45) is 0 Å². The first-order valence-electron chi connectivity index (χ1n) is 7.12.